The van der Waals surface area contributed by atoms with Crippen LogP contribution in [0.25, 0.3) is 45.1 Å². The van der Waals surface area contributed by atoms with Crippen molar-refractivity contribution in [3.05, 3.63) is 95.3 Å². The Labute approximate surface area is 239 Å². The highest BCUT2D eigenvalue weighted by Crippen LogP contribution is 2.27. The van der Waals surface area contributed by atoms with Gasteiger partial charge in [-0.1, -0.05) is 38.1 Å². The quantitative estimate of drug-likeness (QED) is 0.192. The Morgan fingerprint density at radius 1 is 0.756 bits per heavy atom. The summed E-state index contributed by atoms with van der Waals surface area (Å²) in [4.78, 5) is 32.1. The summed E-state index contributed by atoms with van der Waals surface area (Å²) < 4.78 is 4.15. The van der Waals surface area contributed by atoms with Crippen LogP contribution in [-0.4, -0.2) is 34.9 Å². The van der Waals surface area contributed by atoms with E-state index in [2.05, 4.69) is 52.0 Å². The Kier molecular flexibility index (Phi) is 6.95. The molecular weight excluding hydrogens is 508 g/mol. The first-order valence-corrected chi connectivity index (χ1v) is 14.2. The molecule has 7 nitrogen and oxygen atoms in total. The van der Waals surface area contributed by atoms with Crippen molar-refractivity contribution in [3.8, 4) is 23.0 Å². The van der Waals surface area contributed by atoms with Crippen molar-refractivity contribution in [1.29, 1.82) is 0 Å². The van der Waals surface area contributed by atoms with Gasteiger partial charge < -0.3 is 9.13 Å². The molecule has 6 aromatic rings. The minimum absolute atomic E-state index is 0.00285. The van der Waals surface area contributed by atoms with E-state index in [1.807, 2.05) is 69.9 Å². The molecule has 4 heterocycles. The molecule has 0 aliphatic carbocycles. The Bertz CT molecular complexity index is 1890. The largest absolute Gasteiger partial charge is 0.326 e. The molecule has 0 radical (unpaired) electrons. The molecule has 2 aromatic carbocycles. The smallest absolute Gasteiger partial charge is 0.184 e. The number of imidazole rings is 2. The molecule has 0 N–H and O–H groups in total. The molecule has 0 fully saturated rings. The van der Waals surface area contributed by atoms with E-state index in [-0.39, 0.29) is 11.7 Å². The zero-order valence-electron chi connectivity index (χ0n) is 24.2. The number of carbonyl (C=O) groups is 1. The van der Waals surface area contributed by atoms with Gasteiger partial charge in [0.2, 0.25) is 0 Å². The fraction of sp³-hybridized carbons (Fsp3) is 0.265. The van der Waals surface area contributed by atoms with E-state index in [9.17, 15) is 4.79 Å². The van der Waals surface area contributed by atoms with Crippen molar-refractivity contribution < 1.29 is 4.79 Å². The van der Waals surface area contributed by atoms with Gasteiger partial charge in [0.05, 0.1) is 22.1 Å². The average molecular weight is 543 g/mol. The van der Waals surface area contributed by atoms with Gasteiger partial charge in [-0.3, -0.25) is 9.78 Å². The lowest BCUT2D eigenvalue weighted by Crippen LogP contribution is -2.15. The summed E-state index contributed by atoms with van der Waals surface area (Å²) >= 11 is 0. The van der Waals surface area contributed by atoms with Crippen LogP contribution < -0.4 is 0 Å². The summed E-state index contributed by atoms with van der Waals surface area (Å²) in [7, 11) is 4.03. The normalized spacial score (nSPS) is 11.7. The number of carbonyl (C=O) groups excluding carboxylic acids is 1. The van der Waals surface area contributed by atoms with Crippen molar-refractivity contribution in [1.82, 2.24) is 29.1 Å². The molecule has 41 heavy (non-hydrogen) atoms. The van der Waals surface area contributed by atoms with Crippen LogP contribution in [0.15, 0.2) is 72.9 Å². The number of aromatic nitrogens is 6. The van der Waals surface area contributed by atoms with Gasteiger partial charge in [-0.25, -0.2) is 15.0 Å². The molecule has 0 atom stereocenters. The van der Waals surface area contributed by atoms with Gasteiger partial charge in [0.15, 0.2) is 17.4 Å². The maximum Gasteiger partial charge on any atom is 0.184 e. The van der Waals surface area contributed by atoms with E-state index in [0.717, 1.165) is 64.2 Å². The van der Waals surface area contributed by atoms with E-state index in [1.165, 1.54) is 11.1 Å². The van der Waals surface area contributed by atoms with Crippen LogP contribution in [0.1, 0.15) is 53.9 Å². The lowest BCUT2D eigenvalue weighted by molar-refractivity contribution is 0.0908. The molecule has 6 rings (SSSR count). The maximum atomic E-state index is 13.0. The van der Waals surface area contributed by atoms with Crippen LogP contribution in [0, 0.1) is 12.8 Å². The molecular formula is C34H34N6O. The number of pyridine rings is 2. The summed E-state index contributed by atoms with van der Waals surface area (Å²) in [5.41, 5.74) is 9.54. The maximum absolute atomic E-state index is 13.0. The second-order valence-electron chi connectivity index (χ2n) is 10.8. The van der Waals surface area contributed by atoms with Crippen molar-refractivity contribution in [2.24, 2.45) is 20.0 Å². The highest BCUT2D eigenvalue weighted by Gasteiger charge is 2.20. The zero-order chi connectivity index (χ0) is 28.7. The van der Waals surface area contributed by atoms with Crippen LogP contribution in [-0.2, 0) is 20.5 Å². The van der Waals surface area contributed by atoms with Gasteiger partial charge in [-0.05, 0) is 85.3 Å². The Balaban J connectivity index is 1.29. The third-order valence-electron chi connectivity index (χ3n) is 8.03. The van der Waals surface area contributed by atoms with E-state index in [4.69, 9.17) is 15.0 Å². The number of hydrogen-bond donors (Lipinski definition) is 0. The molecule has 7 heteroatoms. The SMILES string of the molecule is CCC(CC)C(=O)c1cccc(-c2nc3cc(Cc4ccc5c(c4)nc(-c4ccc(C)cn4)n5C)ccc3n2C)n1. The lowest BCUT2D eigenvalue weighted by atomic mass is 9.95. The van der Waals surface area contributed by atoms with Gasteiger partial charge in [-0.15, -0.1) is 0 Å². The topological polar surface area (TPSA) is 78.5 Å². The summed E-state index contributed by atoms with van der Waals surface area (Å²) in [6.07, 6.45) is 4.27. The van der Waals surface area contributed by atoms with E-state index >= 15 is 0 Å². The van der Waals surface area contributed by atoms with Crippen LogP contribution >= 0.6 is 0 Å². The molecule has 0 bridgehead atoms. The fourth-order valence-electron chi connectivity index (χ4n) is 5.57. The number of rotatable bonds is 8. The van der Waals surface area contributed by atoms with Gasteiger partial charge in [-0.2, -0.15) is 0 Å². The Morgan fingerprint density at radius 2 is 1.37 bits per heavy atom. The molecule has 0 aliphatic heterocycles. The first-order chi connectivity index (χ1) is 19.9. The molecule has 0 amide bonds. The van der Waals surface area contributed by atoms with E-state index in [1.54, 1.807) is 0 Å². The van der Waals surface area contributed by atoms with Gasteiger partial charge in [0.1, 0.15) is 17.1 Å². The van der Waals surface area contributed by atoms with Crippen molar-refractivity contribution in [2.75, 3.05) is 0 Å². The molecule has 0 spiro atoms. The summed E-state index contributed by atoms with van der Waals surface area (Å²) in [6, 6.07) is 22.6. The van der Waals surface area contributed by atoms with Gasteiger partial charge in [0, 0.05) is 26.2 Å². The number of fused-ring (bicyclic) bond motifs is 2. The van der Waals surface area contributed by atoms with Gasteiger partial charge >= 0.3 is 0 Å². The van der Waals surface area contributed by atoms with Crippen LogP contribution in [0.2, 0.25) is 0 Å². The number of hydrogen-bond acceptors (Lipinski definition) is 5. The molecule has 4 aromatic heterocycles. The number of nitrogens with zero attached hydrogens (tertiary/aromatic N) is 6. The van der Waals surface area contributed by atoms with Crippen LogP contribution in [0.5, 0.6) is 0 Å². The summed E-state index contributed by atoms with van der Waals surface area (Å²) in [5, 5.41) is 0. The lowest BCUT2D eigenvalue weighted by Gasteiger charge is -2.11. The highest BCUT2D eigenvalue weighted by atomic mass is 16.1. The number of benzene rings is 2. The Morgan fingerprint density at radius 3 is 1.93 bits per heavy atom. The average Bonchev–Trinajstić information content (AvgIpc) is 3.49. The second-order valence-corrected chi connectivity index (χ2v) is 10.8. The van der Waals surface area contributed by atoms with Crippen molar-refractivity contribution in [3.63, 3.8) is 0 Å². The van der Waals surface area contributed by atoms with E-state index in [0.29, 0.717) is 11.4 Å². The number of Topliss-reactive ketones (excluding diaryl/α,β-unsaturated/α-hetero) is 1. The third-order valence-corrected chi connectivity index (χ3v) is 8.03. The standard InChI is InChI=1S/C34H34N6O/c1-6-24(7-2)32(41)25-9-8-10-27(36-25)34-38-29-19-23(13-16-31(29)40(34)5)17-22-12-15-30-28(18-22)37-33(39(30)4)26-14-11-21(3)20-35-26/h8-16,18-20,24H,6-7,17H2,1-5H3. The van der Waals surface area contributed by atoms with Crippen molar-refractivity contribution >= 4 is 27.9 Å². The molecule has 0 aliphatic rings. The second kappa shape index (κ2) is 10.7. The molecule has 206 valence electrons. The first-order valence-electron chi connectivity index (χ1n) is 14.2. The molecule has 0 saturated carbocycles. The molecule has 0 unspecified atom stereocenters. The minimum Gasteiger partial charge on any atom is -0.326 e. The first kappa shape index (κ1) is 26.6. The highest BCUT2D eigenvalue weighted by molar-refractivity contribution is 5.96. The Hall–Kier alpha value is -4.65. The van der Waals surface area contributed by atoms with Crippen LogP contribution in [0.4, 0.5) is 0 Å². The van der Waals surface area contributed by atoms with Gasteiger partial charge in [0.25, 0.3) is 0 Å². The molecule has 0 saturated heterocycles. The van der Waals surface area contributed by atoms with Crippen LogP contribution in [0.3, 0.4) is 0 Å². The summed E-state index contributed by atoms with van der Waals surface area (Å²) in [5.74, 6) is 1.71. The third kappa shape index (κ3) is 4.92. The number of aryl methyl sites for hydroxylation is 3. The minimum atomic E-state index is -0.00285. The van der Waals surface area contributed by atoms with Crippen molar-refractivity contribution in [2.45, 2.75) is 40.0 Å². The predicted molar refractivity (Wildman–Crippen MR) is 164 cm³/mol. The zero-order valence-corrected chi connectivity index (χ0v) is 24.2. The fourth-order valence-corrected chi connectivity index (χ4v) is 5.57. The van der Waals surface area contributed by atoms with E-state index < -0.39 is 0 Å². The summed E-state index contributed by atoms with van der Waals surface area (Å²) in [6.45, 7) is 6.13. The predicted octanol–water partition coefficient (Wildman–Crippen LogP) is 7.10. The number of ketones is 1. The monoisotopic (exact) mass is 542 g/mol.